The van der Waals surface area contributed by atoms with E-state index in [-0.39, 0.29) is 11.9 Å². The molecule has 5 nitrogen and oxygen atoms in total. The van der Waals surface area contributed by atoms with Gasteiger partial charge in [-0.15, -0.1) is 0 Å². The number of azide groups is 1. The number of carbonyl (C=O) groups is 1. The Kier molecular flexibility index (Phi) is 3.71. The number of carbonyl (C=O) groups excluding carboxylic acids is 1. The van der Waals surface area contributed by atoms with E-state index in [4.69, 9.17) is 5.53 Å². The molecule has 0 fully saturated rings. The topological polar surface area (TPSA) is 75.1 Å². The van der Waals surface area contributed by atoms with Crippen molar-refractivity contribution in [1.29, 1.82) is 0 Å². The monoisotopic (exact) mass is 205 g/mol. The normalized spacial score (nSPS) is 11.3. The zero-order valence-electron chi connectivity index (χ0n) is 8.54. The van der Waals surface area contributed by atoms with Crippen LogP contribution in [0.25, 0.3) is 10.4 Å². The summed E-state index contributed by atoms with van der Waals surface area (Å²) < 4.78 is 4.62. The minimum absolute atomic E-state index is 0.286. The van der Waals surface area contributed by atoms with E-state index in [0.29, 0.717) is 5.69 Å². The molecule has 0 aliphatic heterocycles. The molecule has 1 rings (SSSR count). The Morgan fingerprint density at radius 3 is 2.53 bits per heavy atom. The molecule has 0 saturated carbocycles. The van der Waals surface area contributed by atoms with Gasteiger partial charge in [-0.2, -0.15) is 0 Å². The van der Waals surface area contributed by atoms with Crippen molar-refractivity contribution in [3.05, 3.63) is 40.3 Å². The fourth-order valence-corrected chi connectivity index (χ4v) is 1.19. The molecule has 15 heavy (non-hydrogen) atoms. The van der Waals surface area contributed by atoms with Crippen LogP contribution in [0.3, 0.4) is 0 Å². The van der Waals surface area contributed by atoms with E-state index < -0.39 is 0 Å². The molecule has 0 heterocycles. The number of hydrogen-bond donors (Lipinski definition) is 0. The zero-order valence-corrected chi connectivity index (χ0v) is 8.54. The highest BCUT2D eigenvalue weighted by molar-refractivity contribution is 5.77. The van der Waals surface area contributed by atoms with Crippen LogP contribution in [-0.4, -0.2) is 13.1 Å². The van der Waals surface area contributed by atoms with E-state index in [1.807, 2.05) is 0 Å². The van der Waals surface area contributed by atoms with Crippen molar-refractivity contribution >= 4 is 11.7 Å². The number of hydrogen-bond acceptors (Lipinski definition) is 3. The van der Waals surface area contributed by atoms with Crippen molar-refractivity contribution in [3.63, 3.8) is 0 Å². The summed E-state index contributed by atoms with van der Waals surface area (Å²) in [6.45, 7) is 1.76. The molecule has 0 aromatic heterocycles. The smallest absolute Gasteiger partial charge is 0.312 e. The first-order valence-electron chi connectivity index (χ1n) is 4.42. The van der Waals surface area contributed by atoms with Gasteiger partial charge in [0.05, 0.1) is 13.0 Å². The molecule has 0 N–H and O–H groups in total. The van der Waals surface area contributed by atoms with Crippen molar-refractivity contribution in [1.82, 2.24) is 0 Å². The SMILES string of the molecule is COC(=O)C(C)c1ccc(N=[N+]=[N-])cc1. The van der Waals surface area contributed by atoms with Crippen LogP contribution in [0.5, 0.6) is 0 Å². The number of nitrogens with zero attached hydrogens (tertiary/aromatic N) is 3. The van der Waals surface area contributed by atoms with E-state index in [9.17, 15) is 4.79 Å². The van der Waals surface area contributed by atoms with Crippen LogP contribution in [0.4, 0.5) is 5.69 Å². The number of esters is 1. The molecule has 78 valence electrons. The quantitative estimate of drug-likeness (QED) is 0.329. The van der Waals surface area contributed by atoms with Crippen LogP contribution >= 0.6 is 0 Å². The Bertz CT molecular complexity index is 394. The summed E-state index contributed by atoms with van der Waals surface area (Å²) in [7, 11) is 1.35. The predicted octanol–water partition coefficient (Wildman–Crippen LogP) is 2.90. The van der Waals surface area contributed by atoms with E-state index in [1.165, 1.54) is 7.11 Å². The summed E-state index contributed by atoms with van der Waals surface area (Å²) in [6.07, 6.45) is 0. The molecular weight excluding hydrogens is 194 g/mol. The maximum atomic E-state index is 11.2. The molecule has 0 amide bonds. The molecule has 0 aliphatic carbocycles. The van der Waals surface area contributed by atoms with E-state index in [0.717, 1.165) is 5.56 Å². The summed E-state index contributed by atoms with van der Waals surface area (Å²) in [4.78, 5) is 13.9. The highest BCUT2D eigenvalue weighted by Gasteiger charge is 2.14. The third kappa shape index (κ3) is 2.72. The maximum Gasteiger partial charge on any atom is 0.312 e. The fourth-order valence-electron chi connectivity index (χ4n) is 1.19. The Balaban J connectivity index is 2.88. The zero-order chi connectivity index (χ0) is 11.3. The van der Waals surface area contributed by atoms with Crippen LogP contribution in [0.15, 0.2) is 29.4 Å². The second-order valence-corrected chi connectivity index (χ2v) is 3.03. The standard InChI is InChI=1S/C10H11N3O2/c1-7(10(14)15-2)8-3-5-9(6-4-8)12-13-11/h3-7H,1-2H3. The van der Waals surface area contributed by atoms with Crippen LogP contribution < -0.4 is 0 Å². The van der Waals surface area contributed by atoms with Gasteiger partial charge in [0, 0.05) is 10.6 Å². The molecule has 0 saturated heterocycles. The van der Waals surface area contributed by atoms with Gasteiger partial charge in [0.15, 0.2) is 0 Å². The summed E-state index contributed by atoms with van der Waals surface area (Å²) in [5, 5.41) is 3.44. The Morgan fingerprint density at radius 2 is 2.07 bits per heavy atom. The lowest BCUT2D eigenvalue weighted by Gasteiger charge is -2.08. The van der Waals surface area contributed by atoms with Crippen LogP contribution in [0.2, 0.25) is 0 Å². The van der Waals surface area contributed by atoms with Crippen LogP contribution in [0, 0.1) is 0 Å². The maximum absolute atomic E-state index is 11.2. The van der Waals surface area contributed by atoms with Crippen molar-refractivity contribution in [3.8, 4) is 0 Å². The summed E-state index contributed by atoms with van der Waals surface area (Å²) in [6, 6.07) is 6.81. The van der Waals surface area contributed by atoms with Crippen molar-refractivity contribution < 1.29 is 9.53 Å². The molecular formula is C10H11N3O2. The summed E-state index contributed by atoms with van der Waals surface area (Å²) in [5.74, 6) is -0.596. The molecule has 0 aliphatic rings. The second kappa shape index (κ2) is 5.02. The Morgan fingerprint density at radius 1 is 1.47 bits per heavy atom. The van der Waals surface area contributed by atoms with Crippen molar-refractivity contribution in [2.24, 2.45) is 5.11 Å². The fraction of sp³-hybridized carbons (Fsp3) is 0.300. The van der Waals surface area contributed by atoms with Gasteiger partial charge in [0.1, 0.15) is 0 Å². The minimum Gasteiger partial charge on any atom is -0.469 e. The first-order valence-corrected chi connectivity index (χ1v) is 4.42. The van der Waals surface area contributed by atoms with Gasteiger partial charge in [0.25, 0.3) is 0 Å². The highest BCUT2D eigenvalue weighted by atomic mass is 16.5. The summed E-state index contributed by atoms with van der Waals surface area (Å²) in [5.41, 5.74) is 9.57. The molecule has 1 unspecified atom stereocenters. The van der Waals surface area contributed by atoms with Gasteiger partial charge in [-0.3, -0.25) is 4.79 Å². The first kappa shape index (κ1) is 11.1. The van der Waals surface area contributed by atoms with Gasteiger partial charge >= 0.3 is 5.97 Å². The van der Waals surface area contributed by atoms with Crippen LogP contribution in [0.1, 0.15) is 18.4 Å². The lowest BCUT2D eigenvalue weighted by molar-refractivity contribution is -0.141. The van der Waals surface area contributed by atoms with E-state index >= 15 is 0 Å². The molecule has 1 atom stereocenters. The average molecular weight is 205 g/mol. The highest BCUT2D eigenvalue weighted by Crippen LogP contribution is 2.20. The predicted molar refractivity (Wildman–Crippen MR) is 55.7 cm³/mol. The van der Waals surface area contributed by atoms with Crippen molar-refractivity contribution in [2.75, 3.05) is 7.11 Å². The van der Waals surface area contributed by atoms with Gasteiger partial charge < -0.3 is 4.74 Å². The molecule has 0 bridgehead atoms. The molecule has 5 heteroatoms. The molecule has 1 aromatic rings. The van der Waals surface area contributed by atoms with Crippen LogP contribution in [-0.2, 0) is 9.53 Å². The number of rotatable bonds is 3. The van der Waals surface area contributed by atoms with E-state index in [1.54, 1.807) is 31.2 Å². The largest absolute Gasteiger partial charge is 0.469 e. The van der Waals surface area contributed by atoms with Gasteiger partial charge in [-0.1, -0.05) is 29.4 Å². The molecule has 1 aromatic carbocycles. The van der Waals surface area contributed by atoms with Gasteiger partial charge in [-0.25, -0.2) is 0 Å². The Hall–Kier alpha value is -2.00. The Labute approximate surface area is 87.3 Å². The number of benzene rings is 1. The number of methoxy groups -OCH3 is 1. The second-order valence-electron chi connectivity index (χ2n) is 3.03. The first-order chi connectivity index (χ1) is 7.19. The number of ether oxygens (including phenoxy) is 1. The third-order valence-electron chi connectivity index (χ3n) is 2.11. The lowest BCUT2D eigenvalue weighted by Crippen LogP contribution is -2.10. The molecule has 0 radical (unpaired) electrons. The van der Waals surface area contributed by atoms with Gasteiger partial charge in [0.2, 0.25) is 0 Å². The van der Waals surface area contributed by atoms with E-state index in [2.05, 4.69) is 14.8 Å². The summed E-state index contributed by atoms with van der Waals surface area (Å²) >= 11 is 0. The van der Waals surface area contributed by atoms with Crippen molar-refractivity contribution in [2.45, 2.75) is 12.8 Å². The molecule has 0 spiro atoms. The minimum atomic E-state index is -0.310. The average Bonchev–Trinajstić information content (AvgIpc) is 2.28. The lowest BCUT2D eigenvalue weighted by atomic mass is 10.0. The van der Waals surface area contributed by atoms with Gasteiger partial charge in [-0.05, 0) is 18.0 Å². The third-order valence-corrected chi connectivity index (χ3v) is 2.11.